The van der Waals surface area contributed by atoms with Crippen molar-refractivity contribution in [2.24, 2.45) is 0 Å². The number of urea groups is 1. The summed E-state index contributed by atoms with van der Waals surface area (Å²) in [5.41, 5.74) is 3.04. The summed E-state index contributed by atoms with van der Waals surface area (Å²) in [5, 5.41) is 6.41. The number of hydrogen-bond acceptors (Lipinski definition) is 6. The summed E-state index contributed by atoms with van der Waals surface area (Å²) in [6.07, 6.45) is 0.174. The summed E-state index contributed by atoms with van der Waals surface area (Å²) < 4.78 is 33.4. The van der Waals surface area contributed by atoms with Gasteiger partial charge in [-0.3, -0.25) is 4.79 Å². The Balaban J connectivity index is 1.55. The third kappa shape index (κ3) is 7.04. The molecule has 2 N–H and O–H groups in total. The normalized spacial score (nSPS) is 11.8. The number of thiophene rings is 1. The molecule has 3 aromatic carbocycles. The van der Waals surface area contributed by atoms with Crippen LogP contribution in [-0.2, 0) is 21.2 Å². The van der Waals surface area contributed by atoms with Crippen molar-refractivity contribution in [1.29, 1.82) is 0 Å². The Morgan fingerprint density at radius 3 is 2.33 bits per heavy atom. The van der Waals surface area contributed by atoms with Crippen LogP contribution in [0.1, 0.15) is 12.5 Å². The number of rotatable bonds is 10. The predicted molar refractivity (Wildman–Crippen MR) is 154 cm³/mol. The maximum absolute atomic E-state index is 13.7. The van der Waals surface area contributed by atoms with Crippen LogP contribution >= 0.6 is 11.3 Å². The fourth-order valence-corrected chi connectivity index (χ4v) is 5.73. The van der Waals surface area contributed by atoms with Gasteiger partial charge in [0.15, 0.2) is 0 Å². The number of amides is 3. The lowest BCUT2D eigenvalue weighted by atomic mass is 10.0. The van der Waals surface area contributed by atoms with Crippen LogP contribution in [0.15, 0.2) is 101 Å². The van der Waals surface area contributed by atoms with Gasteiger partial charge in [-0.1, -0.05) is 42.5 Å². The van der Waals surface area contributed by atoms with Crippen molar-refractivity contribution in [3.05, 3.63) is 101 Å². The molecule has 4 rings (SSSR count). The van der Waals surface area contributed by atoms with E-state index in [-0.39, 0.29) is 17.2 Å². The Morgan fingerprint density at radius 2 is 1.69 bits per heavy atom. The number of methoxy groups -OCH3 is 1. The van der Waals surface area contributed by atoms with E-state index >= 15 is 0 Å². The number of anilines is 1. The van der Waals surface area contributed by atoms with E-state index in [1.807, 2.05) is 54.1 Å². The van der Waals surface area contributed by atoms with Gasteiger partial charge in [0.2, 0.25) is 5.91 Å². The molecule has 0 saturated heterocycles. The maximum atomic E-state index is 13.7. The molecule has 1 aromatic heterocycles. The average molecular weight is 564 g/mol. The molecule has 0 bridgehead atoms. The van der Waals surface area contributed by atoms with E-state index in [1.165, 1.54) is 28.4 Å². The molecule has 0 saturated carbocycles. The summed E-state index contributed by atoms with van der Waals surface area (Å²) in [4.78, 5) is 28.2. The van der Waals surface area contributed by atoms with Crippen LogP contribution in [-0.4, -0.2) is 40.1 Å². The predicted octanol–water partition coefficient (Wildman–Crippen LogP) is 5.08. The number of carbonyl (C=O) groups excluding carboxylic acids is 2. The highest BCUT2D eigenvalue weighted by molar-refractivity contribution is 7.90. The molecule has 0 fully saturated rings. The zero-order valence-electron chi connectivity index (χ0n) is 21.5. The lowest BCUT2D eigenvalue weighted by molar-refractivity contribution is -0.120. The molecule has 202 valence electrons. The van der Waals surface area contributed by atoms with E-state index in [9.17, 15) is 18.0 Å². The Labute approximate surface area is 232 Å². The Morgan fingerprint density at radius 1 is 0.949 bits per heavy atom. The van der Waals surface area contributed by atoms with E-state index in [1.54, 1.807) is 43.5 Å². The van der Waals surface area contributed by atoms with Gasteiger partial charge in [0.1, 0.15) is 11.8 Å². The van der Waals surface area contributed by atoms with Crippen molar-refractivity contribution >= 4 is 39.0 Å². The largest absolute Gasteiger partial charge is 0.497 e. The quantitative estimate of drug-likeness (QED) is 0.280. The van der Waals surface area contributed by atoms with Crippen molar-refractivity contribution in [3.8, 4) is 16.9 Å². The van der Waals surface area contributed by atoms with Crippen LogP contribution in [0.4, 0.5) is 10.5 Å². The Kier molecular flexibility index (Phi) is 9.00. The fourth-order valence-electron chi connectivity index (χ4n) is 4.11. The van der Waals surface area contributed by atoms with Gasteiger partial charge in [0.05, 0.1) is 12.0 Å². The molecule has 8 nitrogen and oxygen atoms in total. The molecule has 0 unspecified atom stereocenters. The van der Waals surface area contributed by atoms with Gasteiger partial charge in [0, 0.05) is 18.7 Å². The molecule has 1 heterocycles. The van der Waals surface area contributed by atoms with Gasteiger partial charge in [-0.2, -0.15) is 11.3 Å². The third-order valence-electron chi connectivity index (χ3n) is 6.08. The second-order valence-electron chi connectivity index (χ2n) is 8.64. The number of carbonyl (C=O) groups is 2. The van der Waals surface area contributed by atoms with Gasteiger partial charge in [0.25, 0.3) is 10.0 Å². The molecule has 4 aromatic rings. The fraction of sp³-hybridized carbons (Fsp3) is 0.172. The molecule has 0 aliphatic carbocycles. The van der Waals surface area contributed by atoms with E-state index in [4.69, 9.17) is 4.74 Å². The molecule has 1 atom stereocenters. The highest BCUT2D eigenvalue weighted by Gasteiger charge is 2.28. The van der Waals surface area contributed by atoms with Crippen molar-refractivity contribution in [2.75, 3.05) is 18.6 Å². The van der Waals surface area contributed by atoms with Crippen molar-refractivity contribution in [1.82, 2.24) is 10.0 Å². The van der Waals surface area contributed by atoms with Crippen LogP contribution in [0.3, 0.4) is 0 Å². The van der Waals surface area contributed by atoms with Crippen LogP contribution in [0.25, 0.3) is 11.1 Å². The number of likely N-dealkylation sites (N-methyl/N-ethyl adjacent to an activating group) is 1. The molecular formula is C29H29N3O5S2. The monoisotopic (exact) mass is 563 g/mol. The molecule has 0 aliphatic heterocycles. The van der Waals surface area contributed by atoms with Crippen LogP contribution in [0.5, 0.6) is 5.75 Å². The Hall–Kier alpha value is -4.15. The van der Waals surface area contributed by atoms with Gasteiger partial charge < -0.3 is 15.0 Å². The topological polar surface area (TPSA) is 105 Å². The van der Waals surface area contributed by atoms with Gasteiger partial charge >= 0.3 is 6.03 Å². The molecule has 0 aliphatic rings. The number of ether oxygens (including phenoxy) is 1. The lowest BCUT2D eigenvalue weighted by Crippen LogP contribution is -2.53. The summed E-state index contributed by atoms with van der Waals surface area (Å²) in [6.45, 7) is 2.17. The van der Waals surface area contributed by atoms with Crippen molar-refractivity contribution in [2.45, 2.75) is 24.3 Å². The van der Waals surface area contributed by atoms with E-state index in [0.717, 1.165) is 16.7 Å². The van der Waals surface area contributed by atoms with Crippen molar-refractivity contribution < 1.29 is 22.7 Å². The second-order valence-corrected chi connectivity index (χ2v) is 11.1. The minimum absolute atomic E-state index is 0.0549. The summed E-state index contributed by atoms with van der Waals surface area (Å²) in [7, 11) is -2.64. The van der Waals surface area contributed by atoms with E-state index in [0.29, 0.717) is 18.0 Å². The van der Waals surface area contributed by atoms with Crippen LogP contribution in [0, 0.1) is 0 Å². The molecule has 3 amide bonds. The number of nitrogens with zero attached hydrogens (tertiary/aromatic N) is 1. The highest BCUT2D eigenvalue weighted by Crippen LogP contribution is 2.25. The van der Waals surface area contributed by atoms with Crippen LogP contribution in [0.2, 0.25) is 0 Å². The maximum Gasteiger partial charge on any atom is 0.329 e. The molecule has 0 radical (unpaired) electrons. The first-order valence-corrected chi connectivity index (χ1v) is 14.7. The number of nitrogens with one attached hydrogen (secondary N) is 2. The zero-order valence-corrected chi connectivity index (χ0v) is 23.2. The van der Waals surface area contributed by atoms with Gasteiger partial charge in [-0.15, -0.1) is 0 Å². The van der Waals surface area contributed by atoms with E-state index in [2.05, 4.69) is 10.0 Å². The zero-order chi connectivity index (χ0) is 27.8. The average Bonchev–Trinajstić information content (AvgIpc) is 3.49. The lowest BCUT2D eigenvalue weighted by Gasteiger charge is -2.27. The minimum Gasteiger partial charge on any atom is -0.497 e. The standard InChI is InChI=1S/C29H29N3O5S2/c1-3-32(24-12-14-25(37-2)15-13-24)28(33)27(18-21-8-5-4-6-9-21)30-29(34)31-39(35,36)26-11-7-10-22(19-26)23-16-17-38-20-23/h4-17,19-20,27H,3,18H2,1-2H3,(H2,30,31,34)/t27-/m0/s1. The van der Waals surface area contributed by atoms with Gasteiger partial charge in [-0.25, -0.2) is 17.9 Å². The SMILES string of the molecule is CCN(C(=O)[C@H](Cc1ccccc1)NC(=O)NS(=O)(=O)c1cccc(-c2ccsc2)c1)c1ccc(OC)cc1. The molecular weight excluding hydrogens is 534 g/mol. The number of hydrogen-bond donors (Lipinski definition) is 2. The third-order valence-corrected chi connectivity index (χ3v) is 8.09. The molecule has 39 heavy (non-hydrogen) atoms. The minimum atomic E-state index is -4.20. The summed E-state index contributed by atoms with van der Waals surface area (Å²) >= 11 is 1.50. The summed E-state index contributed by atoms with van der Waals surface area (Å²) in [6, 6.07) is 22.4. The highest BCUT2D eigenvalue weighted by atomic mass is 32.2. The molecule has 10 heteroatoms. The first-order chi connectivity index (χ1) is 18.8. The van der Waals surface area contributed by atoms with E-state index < -0.39 is 22.1 Å². The first kappa shape index (κ1) is 27.9. The summed E-state index contributed by atoms with van der Waals surface area (Å²) in [5.74, 6) is 0.271. The first-order valence-electron chi connectivity index (χ1n) is 12.3. The Bertz CT molecular complexity index is 1510. The number of sulfonamides is 1. The van der Waals surface area contributed by atoms with Gasteiger partial charge in [-0.05, 0) is 76.8 Å². The molecule has 0 spiro atoms. The smallest absolute Gasteiger partial charge is 0.329 e. The second kappa shape index (κ2) is 12.6. The van der Waals surface area contributed by atoms with Crippen molar-refractivity contribution in [3.63, 3.8) is 0 Å². The van der Waals surface area contributed by atoms with Crippen LogP contribution < -0.4 is 19.7 Å². The number of benzene rings is 3.